The van der Waals surface area contributed by atoms with E-state index in [-0.39, 0.29) is 68.3 Å². The number of amides is 1. The maximum Gasteiger partial charge on any atom is 1.00 e. The minimum atomic E-state index is -1.35. The van der Waals surface area contributed by atoms with E-state index in [4.69, 9.17) is 0 Å². The maximum atomic E-state index is 12.0. The van der Waals surface area contributed by atoms with Crippen molar-refractivity contribution >= 4 is 17.8 Å². The number of aliphatic hydroxyl groups is 1. The van der Waals surface area contributed by atoms with Gasteiger partial charge in [-0.05, 0) is 12.8 Å². The van der Waals surface area contributed by atoms with Gasteiger partial charge in [-0.1, -0.05) is 32.9 Å². The number of quaternary nitrogens is 1. The average molecular weight is 393 g/mol. The van der Waals surface area contributed by atoms with Crippen molar-refractivity contribution in [2.45, 2.75) is 65.0 Å². The summed E-state index contributed by atoms with van der Waals surface area (Å²) in [6, 6.07) is -2.09. The first-order valence-electron chi connectivity index (χ1n) is 9.63. The normalized spacial score (nSPS) is 15.3. The number of carboxylic acids is 2. The van der Waals surface area contributed by atoms with Crippen LogP contribution in [-0.4, -0.2) is 70.9 Å². The van der Waals surface area contributed by atoms with Crippen molar-refractivity contribution < 1.29 is 53.0 Å². The smallest absolute Gasteiger partial charge is 0.544 e. The van der Waals surface area contributed by atoms with Crippen LogP contribution in [0.2, 0.25) is 0 Å². The third-order valence-corrected chi connectivity index (χ3v) is 4.88. The predicted molar refractivity (Wildman–Crippen MR) is 99.6 cm³/mol. The quantitative estimate of drug-likeness (QED) is 0.155. The van der Waals surface area contributed by atoms with Crippen LogP contribution in [0.15, 0.2) is 12.2 Å². The van der Waals surface area contributed by atoms with E-state index in [2.05, 4.69) is 5.32 Å². The van der Waals surface area contributed by atoms with Crippen molar-refractivity contribution in [2.75, 3.05) is 26.2 Å². The Bertz CT molecular complexity index is 491. The summed E-state index contributed by atoms with van der Waals surface area (Å²) in [6.07, 6.45) is 6.09. The van der Waals surface area contributed by atoms with Gasteiger partial charge in [-0.25, -0.2) is 4.79 Å². The zero-order valence-electron chi connectivity index (χ0n) is 17.6. The first-order valence-corrected chi connectivity index (χ1v) is 9.63. The molecule has 0 saturated carbocycles. The molecule has 0 radical (unpaired) electrons. The van der Waals surface area contributed by atoms with E-state index in [1.165, 1.54) is 0 Å². The summed E-state index contributed by atoms with van der Waals surface area (Å²) in [6.45, 7) is 5.15. The van der Waals surface area contributed by atoms with Crippen molar-refractivity contribution in [1.82, 2.24) is 5.32 Å². The number of allylic oxidation sites excluding steroid dienone is 2. The number of hydrogen-bond acceptors (Lipinski definition) is 5. The molecule has 0 aromatic heterocycles. The van der Waals surface area contributed by atoms with Crippen LogP contribution >= 0.6 is 0 Å². The van der Waals surface area contributed by atoms with Crippen molar-refractivity contribution in [3.8, 4) is 0 Å². The molecule has 0 aromatic rings. The summed E-state index contributed by atoms with van der Waals surface area (Å²) in [5, 5.41) is 33.6. The average Bonchev–Trinajstić information content (AvgIpc) is 2.59. The fraction of sp³-hybridized carbons (Fsp3) is 0.737. The standard InChI is InChI=1S/C19H34N2O6.Li/c1-4-7-8-9-10-17(23)20-11-12-21(13-14-22,15(5-2)18(24)25)16(6-3)19(26)27;/h7-8,15-16,22H,4-6,9-14H2,1-3H3,(H2-,20,23,24,25,26,27);/q;+1/b8-7+;. The van der Waals surface area contributed by atoms with Gasteiger partial charge in [-0.2, -0.15) is 0 Å². The number of aliphatic hydroxyl groups excluding tert-OH is 1. The molecule has 0 aliphatic heterocycles. The van der Waals surface area contributed by atoms with E-state index in [1.807, 2.05) is 19.1 Å². The molecule has 28 heavy (non-hydrogen) atoms. The predicted octanol–water partition coefficient (Wildman–Crippen LogP) is -2.95. The Balaban J connectivity index is 0. The molecule has 0 fully saturated rings. The molecule has 1 amide bonds. The second-order valence-electron chi connectivity index (χ2n) is 6.55. The molecule has 0 aliphatic rings. The summed E-state index contributed by atoms with van der Waals surface area (Å²) in [5.41, 5.74) is 0. The molecule has 0 saturated heterocycles. The van der Waals surface area contributed by atoms with Gasteiger partial charge in [0.1, 0.15) is 12.6 Å². The van der Waals surface area contributed by atoms with E-state index in [9.17, 15) is 29.7 Å². The largest absolute Gasteiger partial charge is 1.00 e. The van der Waals surface area contributed by atoms with Crippen molar-refractivity contribution in [2.24, 2.45) is 0 Å². The van der Waals surface area contributed by atoms with Gasteiger partial charge in [0.15, 0.2) is 6.04 Å². The number of hydrogen-bond donors (Lipinski definition) is 3. The summed E-state index contributed by atoms with van der Waals surface area (Å²) in [5.74, 6) is -2.65. The zero-order valence-corrected chi connectivity index (χ0v) is 17.6. The number of aliphatic carboxylic acids is 2. The molecule has 3 N–H and O–H groups in total. The van der Waals surface area contributed by atoms with Gasteiger partial charge >= 0.3 is 24.8 Å². The molecule has 3 unspecified atom stereocenters. The molecule has 0 heterocycles. The summed E-state index contributed by atoms with van der Waals surface area (Å²) in [7, 11) is 0. The van der Waals surface area contributed by atoms with Crippen LogP contribution in [0.4, 0.5) is 0 Å². The van der Waals surface area contributed by atoms with Crippen LogP contribution in [0.3, 0.4) is 0 Å². The monoisotopic (exact) mass is 393 g/mol. The molecular formula is C19H34LiN2O6+. The van der Waals surface area contributed by atoms with Crippen molar-refractivity contribution in [1.29, 1.82) is 0 Å². The van der Waals surface area contributed by atoms with Crippen LogP contribution in [0.25, 0.3) is 0 Å². The van der Waals surface area contributed by atoms with Crippen molar-refractivity contribution in [3.63, 3.8) is 0 Å². The molecule has 0 bridgehead atoms. The molecule has 3 atom stereocenters. The van der Waals surface area contributed by atoms with Crippen LogP contribution in [-0.2, 0) is 14.4 Å². The molecule has 8 nitrogen and oxygen atoms in total. The van der Waals surface area contributed by atoms with Gasteiger partial charge in [0.25, 0.3) is 0 Å². The zero-order chi connectivity index (χ0) is 20.9. The van der Waals surface area contributed by atoms with Gasteiger partial charge in [0, 0.05) is 19.3 Å². The van der Waals surface area contributed by atoms with E-state index in [1.54, 1.807) is 13.8 Å². The minimum absolute atomic E-state index is 0. The number of rotatable bonds is 15. The van der Waals surface area contributed by atoms with Crippen LogP contribution < -0.4 is 29.3 Å². The van der Waals surface area contributed by atoms with E-state index in [0.717, 1.165) is 6.42 Å². The Labute approximate surface area is 179 Å². The fourth-order valence-electron chi connectivity index (χ4n) is 3.63. The third-order valence-electron chi connectivity index (χ3n) is 4.88. The topological polar surface area (TPSA) is 127 Å². The molecule has 0 aliphatic carbocycles. The summed E-state index contributed by atoms with van der Waals surface area (Å²) in [4.78, 5) is 35.4. The number of nitrogens with one attached hydrogen (secondary N) is 1. The molecule has 0 aromatic carbocycles. The van der Waals surface area contributed by atoms with Crippen LogP contribution in [0.1, 0.15) is 52.9 Å². The number of carbonyl (C=O) groups excluding carboxylic acids is 2. The molecule has 9 heteroatoms. The van der Waals surface area contributed by atoms with Gasteiger partial charge in [-0.15, -0.1) is 0 Å². The molecular weight excluding hydrogens is 359 g/mol. The van der Waals surface area contributed by atoms with Gasteiger partial charge in [-0.3, -0.25) is 4.79 Å². The number of nitrogens with zero attached hydrogens (tertiary/aromatic N) is 1. The second-order valence-corrected chi connectivity index (χ2v) is 6.55. The Morgan fingerprint density at radius 2 is 1.68 bits per heavy atom. The number of carboxylic acid groups (broad SMARTS) is 2. The van der Waals surface area contributed by atoms with Crippen LogP contribution in [0.5, 0.6) is 0 Å². The first-order chi connectivity index (χ1) is 12.8. The second kappa shape index (κ2) is 15.6. The van der Waals surface area contributed by atoms with Crippen LogP contribution in [0, 0.1) is 0 Å². The number of carbonyl (C=O) groups is 3. The fourth-order valence-corrected chi connectivity index (χ4v) is 3.63. The Kier molecular flexibility index (Phi) is 16.1. The van der Waals surface area contributed by atoms with Gasteiger partial charge in [0.05, 0.1) is 25.7 Å². The first kappa shape index (κ1) is 28.9. The molecule has 156 valence electrons. The van der Waals surface area contributed by atoms with E-state index >= 15 is 0 Å². The van der Waals surface area contributed by atoms with E-state index < -0.39 is 24.0 Å². The van der Waals surface area contributed by atoms with Gasteiger partial charge in [0.2, 0.25) is 5.91 Å². The molecule has 0 rings (SSSR count). The summed E-state index contributed by atoms with van der Waals surface area (Å²) >= 11 is 0. The van der Waals surface area contributed by atoms with E-state index in [0.29, 0.717) is 12.8 Å². The third kappa shape index (κ3) is 8.78. The Hall–Kier alpha value is -1.33. The SMILES string of the molecule is CC/C=C/CCC(=O)NCC[N+](CCO)(C(CC)C(=O)[O-])C(CC)C(=O)O.[Li+]. The molecule has 0 spiro atoms. The summed E-state index contributed by atoms with van der Waals surface area (Å²) < 4.78 is -0.350. The Morgan fingerprint density at radius 1 is 1.07 bits per heavy atom. The minimum Gasteiger partial charge on any atom is -0.544 e. The van der Waals surface area contributed by atoms with Gasteiger partial charge < -0.3 is 29.9 Å². The maximum absolute atomic E-state index is 12.0. The van der Waals surface area contributed by atoms with Crippen molar-refractivity contribution in [3.05, 3.63) is 12.2 Å². The Morgan fingerprint density at radius 3 is 2.11 bits per heavy atom.